The zero-order valence-corrected chi connectivity index (χ0v) is 15.3. The summed E-state index contributed by atoms with van der Waals surface area (Å²) in [6.07, 6.45) is 0. The number of piperazine rings is 1. The SMILES string of the molecule is C[C@H]1CN(C(=O)c2ccc(CSc3ccccc3)o2)[C@@H](C)CN1C. The van der Waals surface area contributed by atoms with Crippen molar-refractivity contribution in [2.45, 2.75) is 36.6 Å². The van der Waals surface area contributed by atoms with Gasteiger partial charge in [-0.15, -0.1) is 11.8 Å². The fraction of sp³-hybridized carbons (Fsp3) is 0.421. The summed E-state index contributed by atoms with van der Waals surface area (Å²) in [5.41, 5.74) is 0. The first-order chi connectivity index (χ1) is 11.5. The van der Waals surface area contributed by atoms with Gasteiger partial charge in [0.15, 0.2) is 5.76 Å². The predicted molar refractivity (Wildman–Crippen MR) is 97.3 cm³/mol. The number of benzene rings is 1. The first kappa shape index (κ1) is 17.1. The van der Waals surface area contributed by atoms with Gasteiger partial charge in [-0.25, -0.2) is 0 Å². The van der Waals surface area contributed by atoms with Crippen LogP contribution in [0, 0.1) is 0 Å². The molecule has 0 spiro atoms. The summed E-state index contributed by atoms with van der Waals surface area (Å²) in [5, 5.41) is 0. The Morgan fingerprint density at radius 3 is 2.62 bits per heavy atom. The number of furan rings is 1. The number of hydrogen-bond donors (Lipinski definition) is 0. The molecule has 3 rings (SSSR count). The Morgan fingerprint density at radius 2 is 1.88 bits per heavy atom. The minimum Gasteiger partial charge on any atom is -0.455 e. The third-order valence-electron chi connectivity index (χ3n) is 4.56. The van der Waals surface area contributed by atoms with E-state index in [0.29, 0.717) is 11.8 Å². The number of hydrogen-bond acceptors (Lipinski definition) is 4. The molecule has 1 fully saturated rings. The van der Waals surface area contributed by atoms with Gasteiger partial charge in [0, 0.05) is 30.1 Å². The van der Waals surface area contributed by atoms with Crippen molar-refractivity contribution in [3.8, 4) is 0 Å². The number of thioether (sulfide) groups is 1. The van der Waals surface area contributed by atoms with Gasteiger partial charge in [-0.2, -0.15) is 0 Å². The van der Waals surface area contributed by atoms with Crippen molar-refractivity contribution in [2.24, 2.45) is 0 Å². The van der Waals surface area contributed by atoms with E-state index in [1.54, 1.807) is 17.8 Å². The van der Waals surface area contributed by atoms with Crippen molar-refractivity contribution in [1.29, 1.82) is 0 Å². The third kappa shape index (κ3) is 3.84. The van der Waals surface area contributed by atoms with Crippen molar-refractivity contribution in [1.82, 2.24) is 9.80 Å². The summed E-state index contributed by atoms with van der Waals surface area (Å²) in [5.74, 6) is 2.01. The van der Waals surface area contributed by atoms with E-state index in [4.69, 9.17) is 4.42 Å². The molecule has 24 heavy (non-hydrogen) atoms. The smallest absolute Gasteiger partial charge is 0.289 e. The van der Waals surface area contributed by atoms with Crippen LogP contribution in [0.2, 0.25) is 0 Å². The maximum atomic E-state index is 12.8. The number of rotatable bonds is 4. The van der Waals surface area contributed by atoms with Crippen LogP contribution < -0.4 is 0 Å². The van der Waals surface area contributed by atoms with Crippen LogP contribution in [0.25, 0.3) is 0 Å². The highest BCUT2D eigenvalue weighted by atomic mass is 32.2. The molecule has 2 atom stereocenters. The molecular weight excluding hydrogens is 320 g/mol. The van der Waals surface area contributed by atoms with E-state index in [-0.39, 0.29) is 11.9 Å². The van der Waals surface area contributed by atoms with E-state index < -0.39 is 0 Å². The van der Waals surface area contributed by atoms with Gasteiger partial charge >= 0.3 is 0 Å². The van der Waals surface area contributed by atoms with Crippen LogP contribution in [0.15, 0.2) is 51.8 Å². The molecule has 2 aromatic rings. The maximum Gasteiger partial charge on any atom is 0.289 e. The van der Waals surface area contributed by atoms with E-state index >= 15 is 0 Å². The van der Waals surface area contributed by atoms with Crippen LogP contribution in [0.3, 0.4) is 0 Å². The molecule has 0 saturated carbocycles. The van der Waals surface area contributed by atoms with Crippen LogP contribution in [-0.4, -0.2) is 47.9 Å². The summed E-state index contributed by atoms with van der Waals surface area (Å²) in [6.45, 7) is 5.88. The molecule has 1 amide bonds. The van der Waals surface area contributed by atoms with Crippen molar-refractivity contribution >= 4 is 17.7 Å². The van der Waals surface area contributed by atoms with Gasteiger partial charge in [0.1, 0.15) is 5.76 Å². The van der Waals surface area contributed by atoms with Crippen molar-refractivity contribution in [2.75, 3.05) is 20.1 Å². The highest BCUT2D eigenvalue weighted by Crippen LogP contribution is 2.24. The number of likely N-dealkylation sites (N-methyl/N-ethyl adjacent to an activating group) is 1. The lowest BCUT2D eigenvalue weighted by Crippen LogP contribution is -2.56. The molecule has 0 aliphatic carbocycles. The fourth-order valence-electron chi connectivity index (χ4n) is 2.97. The molecule has 1 aliphatic heterocycles. The predicted octanol–water partition coefficient (Wildman–Crippen LogP) is 3.74. The van der Waals surface area contributed by atoms with Gasteiger partial charge in [0.25, 0.3) is 5.91 Å². The fourth-order valence-corrected chi connectivity index (χ4v) is 3.78. The topological polar surface area (TPSA) is 36.7 Å². The summed E-state index contributed by atoms with van der Waals surface area (Å²) in [4.78, 5) is 18.2. The Labute approximate surface area is 147 Å². The molecule has 0 unspecified atom stereocenters. The molecule has 5 heteroatoms. The molecule has 1 aliphatic rings. The van der Waals surface area contributed by atoms with Crippen LogP contribution in [0.1, 0.15) is 30.2 Å². The maximum absolute atomic E-state index is 12.8. The lowest BCUT2D eigenvalue weighted by atomic mass is 10.1. The van der Waals surface area contributed by atoms with Gasteiger partial charge in [-0.05, 0) is 45.2 Å². The van der Waals surface area contributed by atoms with E-state index in [2.05, 4.69) is 37.9 Å². The summed E-state index contributed by atoms with van der Waals surface area (Å²) >= 11 is 1.71. The van der Waals surface area contributed by atoms with E-state index in [9.17, 15) is 4.79 Å². The normalized spacial score (nSPS) is 21.9. The minimum atomic E-state index is -0.00147. The second-order valence-electron chi connectivity index (χ2n) is 6.46. The second-order valence-corrected chi connectivity index (χ2v) is 7.51. The summed E-state index contributed by atoms with van der Waals surface area (Å²) < 4.78 is 5.81. The first-order valence-corrected chi connectivity index (χ1v) is 9.31. The highest BCUT2D eigenvalue weighted by molar-refractivity contribution is 7.98. The number of amides is 1. The van der Waals surface area contributed by atoms with Crippen LogP contribution in [-0.2, 0) is 5.75 Å². The number of nitrogens with zero attached hydrogens (tertiary/aromatic N) is 2. The monoisotopic (exact) mass is 344 g/mol. The molecule has 4 nitrogen and oxygen atoms in total. The molecule has 1 saturated heterocycles. The van der Waals surface area contributed by atoms with Gasteiger partial charge < -0.3 is 9.32 Å². The standard InChI is InChI=1S/C19H24N2O2S/c1-14-12-21(15(2)11-20(14)3)19(22)18-10-9-16(23-18)13-24-17-7-5-4-6-8-17/h4-10,14-15H,11-13H2,1-3H3/t14-,15-/m0/s1. The van der Waals surface area contributed by atoms with Crippen molar-refractivity contribution < 1.29 is 9.21 Å². The average molecular weight is 344 g/mol. The Bertz CT molecular complexity index is 686. The molecule has 2 heterocycles. The lowest BCUT2D eigenvalue weighted by Gasteiger charge is -2.42. The van der Waals surface area contributed by atoms with Gasteiger partial charge in [0.2, 0.25) is 0 Å². The van der Waals surface area contributed by atoms with Crippen LogP contribution in [0.4, 0.5) is 0 Å². The lowest BCUT2D eigenvalue weighted by molar-refractivity contribution is 0.0369. The second kappa shape index (κ2) is 7.45. The zero-order valence-electron chi connectivity index (χ0n) is 14.4. The van der Waals surface area contributed by atoms with Crippen LogP contribution in [0.5, 0.6) is 0 Å². The Kier molecular flexibility index (Phi) is 5.31. The van der Waals surface area contributed by atoms with E-state index in [1.807, 2.05) is 29.2 Å². The van der Waals surface area contributed by atoms with Crippen LogP contribution >= 0.6 is 11.8 Å². The van der Waals surface area contributed by atoms with Crippen molar-refractivity contribution in [3.05, 3.63) is 54.0 Å². The Balaban J connectivity index is 1.63. The molecule has 0 N–H and O–H groups in total. The van der Waals surface area contributed by atoms with E-state index in [1.165, 1.54) is 4.90 Å². The molecule has 0 bridgehead atoms. The van der Waals surface area contributed by atoms with Gasteiger partial charge in [-0.1, -0.05) is 18.2 Å². The first-order valence-electron chi connectivity index (χ1n) is 8.32. The minimum absolute atomic E-state index is 0.00147. The highest BCUT2D eigenvalue weighted by Gasteiger charge is 2.31. The number of carbonyl (C=O) groups excluding carboxylic acids is 1. The van der Waals surface area contributed by atoms with Crippen molar-refractivity contribution in [3.63, 3.8) is 0 Å². The molecule has 0 radical (unpaired) electrons. The van der Waals surface area contributed by atoms with Gasteiger partial charge in [0.05, 0.1) is 5.75 Å². The third-order valence-corrected chi connectivity index (χ3v) is 5.59. The quantitative estimate of drug-likeness (QED) is 0.792. The molecule has 128 valence electrons. The van der Waals surface area contributed by atoms with E-state index in [0.717, 1.165) is 24.6 Å². The Hall–Kier alpha value is -1.72. The summed E-state index contributed by atoms with van der Waals surface area (Å²) in [6, 6.07) is 14.5. The Morgan fingerprint density at radius 1 is 1.12 bits per heavy atom. The average Bonchev–Trinajstić information content (AvgIpc) is 3.06. The molecular formula is C19H24N2O2S. The molecule has 1 aromatic carbocycles. The molecule has 1 aromatic heterocycles. The summed E-state index contributed by atoms with van der Waals surface area (Å²) in [7, 11) is 2.11. The zero-order chi connectivity index (χ0) is 17.1. The number of carbonyl (C=O) groups is 1. The largest absolute Gasteiger partial charge is 0.455 e. The van der Waals surface area contributed by atoms with Gasteiger partial charge in [-0.3, -0.25) is 9.69 Å².